The molecule has 0 unspecified atom stereocenters. The van der Waals surface area contributed by atoms with Crippen LogP contribution >= 0.6 is 0 Å². The molecule has 1 aliphatic heterocycles. The average molecular weight is 509 g/mol. The van der Waals surface area contributed by atoms with Crippen LogP contribution in [-0.4, -0.2) is 22.7 Å². The first-order valence-corrected chi connectivity index (χ1v) is 13.9. The molecule has 1 saturated heterocycles. The van der Waals surface area contributed by atoms with Crippen molar-refractivity contribution in [2.75, 3.05) is 0 Å². The molecule has 0 bridgehead atoms. The van der Waals surface area contributed by atoms with Gasteiger partial charge in [-0.1, -0.05) is 42.5 Å². The first kappa shape index (κ1) is 22.1. The topological polar surface area (TPSA) is 36.0 Å². The van der Waals surface area contributed by atoms with Crippen molar-refractivity contribution in [1.29, 1.82) is 0 Å². The van der Waals surface area contributed by atoms with Gasteiger partial charge in [-0.3, -0.25) is 0 Å². The zero-order valence-corrected chi connectivity index (χ0v) is 22.6. The van der Waals surface area contributed by atoms with Gasteiger partial charge in [-0.2, -0.15) is 0 Å². The molecule has 4 aromatic carbocycles. The molecule has 3 aromatic heterocycles. The summed E-state index contributed by atoms with van der Waals surface area (Å²) in [5.74, 6) is 0. The summed E-state index contributed by atoms with van der Waals surface area (Å²) < 4.78 is 21.5. The van der Waals surface area contributed by atoms with Crippen LogP contribution in [0.4, 0.5) is 0 Å². The van der Waals surface area contributed by atoms with Gasteiger partial charge >= 0.3 is 7.12 Å². The predicted molar refractivity (Wildman–Crippen MR) is 162 cm³/mol. The molecular formula is C34H28BNO3. The molecule has 4 nitrogen and oxygen atoms in total. The molecule has 0 amide bonds. The van der Waals surface area contributed by atoms with Gasteiger partial charge in [-0.25, -0.2) is 0 Å². The van der Waals surface area contributed by atoms with Gasteiger partial charge in [-0.15, -0.1) is 0 Å². The molecule has 39 heavy (non-hydrogen) atoms. The number of para-hydroxylation sites is 1. The lowest BCUT2D eigenvalue weighted by Crippen LogP contribution is -2.41. The normalized spacial score (nSPS) is 18.6. The molecule has 5 heteroatoms. The second kappa shape index (κ2) is 7.04. The number of nitrogens with zero attached hydrogens (tertiary/aromatic N) is 1. The van der Waals surface area contributed by atoms with Crippen molar-refractivity contribution < 1.29 is 13.7 Å². The van der Waals surface area contributed by atoms with Gasteiger partial charge in [-0.05, 0) is 87.1 Å². The van der Waals surface area contributed by atoms with E-state index in [1.807, 2.05) is 6.07 Å². The van der Waals surface area contributed by atoms with E-state index < -0.39 is 7.12 Å². The van der Waals surface area contributed by atoms with Crippen molar-refractivity contribution in [3.05, 3.63) is 71.2 Å². The van der Waals surface area contributed by atoms with Crippen molar-refractivity contribution in [3.8, 4) is 0 Å². The molecule has 1 fully saturated rings. The minimum atomic E-state index is -0.400. The van der Waals surface area contributed by atoms with Crippen LogP contribution in [0.15, 0.2) is 65.1 Å². The Labute approximate surface area is 225 Å². The number of benzene rings is 4. The van der Waals surface area contributed by atoms with Crippen molar-refractivity contribution in [1.82, 2.24) is 4.40 Å². The molecule has 0 N–H and O–H groups in total. The van der Waals surface area contributed by atoms with Crippen LogP contribution in [0.2, 0.25) is 0 Å². The van der Waals surface area contributed by atoms with Gasteiger partial charge < -0.3 is 18.1 Å². The molecule has 0 atom stereocenters. The predicted octanol–water partition coefficient (Wildman–Crippen LogP) is 6.39. The molecule has 0 radical (unpaired) electrons. The van der Waals surface area contributed by atoms with E-state index in [2.05, 4.69) is 98.8 Å². The largest absolute Gasteiger partial charge is 0.494 e. The third-order valence-electron chi connectivity index (χ3n) is 9.54. The van der Waals surface area contributed by atoms with E-state index >= 15 is 0 Å². The Morgan fingerprint density at radius 2 is 1.41 bits per heavy atom. The second-order valence-corrected chi connectivity index (χ2v) is 12.3. The first-order valence-electron chi connectivity index (χ1n) is 13.9. The fraction of sp³-hybridized carbons (Fsp3) is 0.235. The van der Waals surface area contributed by atoms with Crippen LogP contribution in [-0.2, 0) is 9.31 Å². The van der Waals surface area contributed by atoms with Crippen LogP contribution in [0.3, 0.4) is 0 Å². The first-order chi connectivity index (χ1) is 18.8. The lowest BCUT2D eigenvalue weighted by Gasteiger charge is -2.32. The highest BCUT2D eigenvalue weighted by molar-refractivity contribution is 6.62. The SMILES string of the molecule is CC1(C)OB(c2ccc3oc4cc5cc6c(cc5cc4c3c2)c2cccc3c4c(n6c32)=CCCC=4)OC1(C)C. The highest BCUT2D eigenvalue weighted by atomic mass is 16.7. The van der Waals surface area contributed by atoms with Crippen molar-refractivity contribution in [2.24, 2.45) is 0 Å². The van der Waals surface area contributed by atoms with Crippen LogP contribution in [0.25, 0.3) is 72.1 Å². The van der Waals surface area contributed by atoms with E-state index in [4.69, 9.17) is 13.7 Å². The minimum absolute atomic E-state index is 0.376. The molecule has 7 aromatic rings. The lowest BCUT2D eigenvalue weighted by molar-refractivity contribution is 0.00578. The van der Waals surface area contributed by atoms with Crippen LogP contribution in [0.1, 0.15) is 40.5 Å². The maximum atomic E-state index is 6.37. The summed E-state index contributed by atoms with van der Waals surface area (Å²) in [4.78, 5) is 0. The zero-order valence-electron chi connectivity index (χ0n) is 22.6. The van der Waals surface area contributed by atoms with Crippen LogP contribution in [0.5, 0.6) is 0 Å². The summed E-state index contributed by atoms with van der Waals surface area (Å²) in [5, 5.41) is 11.3. The summed E-state index contributed by atoms with van der Waals surface area (Å²) in [5.41, 5.74) is 4.64. The molecule has 9 rings (SSSR count). The Balaban J connectivity index is 1.29. The summed E-state index contributed by atoms with van der Waals surface area (Å²) in [6.07, 6.45) is 7.01. The second-order valence-electron chi connectivity index (χ2n) is 12.3. The number of hydrogen-bond acceptors (Lipinski definition) is 3. The summed E-state index contributed by atoms with van der Waals surface area (Å²) >= 11 is 0. The van der Waals surface area contributed by atoms with Gasteiger partial charge in [0, 0.05) is 37.5 Å². The Hall–Kier alpha value is -3.80. The average Bonchev–Trinajstić information content (AvgIpc) is 3.61. The van der Waals surface area contributed by atoms with E-state index in [9.17, 15) is 0 Å². The summed E-state index contributed by atoms with van der Waals surface area (Å²) in [6.45, 7) is 8.36. The smallest absolute Gasteiger partial charge is 0.456 e. The van der Waals surface area contributed by atoms with E-state index in [1.165, 1.54) is 48.5 Å². The molecule has 1 aliphatic carbocycles. The number of furan rings is 1. The Kier molecular flexibility index (Phi) is 3.98. The van der Waals surface area contributed by atoms with Crippen molar-refractivity contribution in [2.45, 2.75) is 51.7 Å². The number of fused-ring (bicyclic) bond motifs is 10. The Bertz CT molecular complexity index is 2290. The summed E-state index contributed by atoms with van der Waals surface area (Å²) in [6, 6.07) is 22.2. The Morgan fingerprint density at radius 1 is 0.692 bits per heavy atom. The van der Waals surface area contributed by atoms with Crippen LogP contribution in [0, 0.1) is 0 Å². The van der Waals surface area contributed by atoms with E-state index in [0.717, 1.165) is 40.2 Å². The van der Waals surface area contributed by atoms with Crippen molar-refractivity contribution >= 4 is 84.6 Å². The minimum Gasteiger partial charge on any atom is -0.456 e. The molecule has 190 valence electrons. The zero-order chi connectivity index (χ0) is 26.3. The van der Waals surface area contributed by atoms with Gasteiger partial charge in [0.1, 0.15) is 11.2 Å². The van der Waals surface area contributed by atoms with Crippen molar-refractivity contribution in [3.63, 3.8) is 0 Å². The van der Waals surface area contributed by atoms with E-state index in [1.54, 1.807) is 0 Å². The third-order valence-corrected chi connectivity index (χ3v) is 9.54. The fourth-order valence-electron chi connectivity index (χ4n) is 6.82. The fourth-order valence-corrected chi connectivity index (χ4v) is 6.82. The third kappa shape index (κ3) is 2.77. The van der Waals surface area contributed by atoms with Gasteiger partial charge in [0.05, 0.1) is 22.2 Å². The molecule has 0 saturated carbocycles. The molecular weight excluding hydrogens is 481 g/mol. The quantitative estimate of drug-likeness (QED) is 0.241. The highest BCUT2D eigenvalue weighted by Crippen LogP contribution is 2.39. The number of rotatable bonds is 1. The van der Waals surface area contributed by atoms with Gasteiger partial charge in [0.25, 0.3) is 0 Å². The Morgan fingerprint density at radius 3 is 2.26 bits per heavy atom. The summed E-state index contributed by atoms with van der Waals surface area (Å²) in [7, 11) is -0.400. The van der Waals surface area contributed by atoms with Gasteiger partial charge in [0.15, 0.2) is 0 Å². The van der Waals surface area contributed by atoms with Gasteiger partial charge in [0.2, 0.25) is 0 Å². The molecule has 0 spiro atoms. The maximum Gasteiger partial charge on any atom is 0.494 e. The maximum absolute atomic E-state index is 6.37. The highest BCUT2D eigenvalue weighted by Gasteiger charge is 2.51. The molecule has 2 aliphatic rings. The standard InChI is InChI=1S/C34H28BNO3/c1-33(2)34(3,4)39-35(38-33)21-12-13-30-27(18-21)26-15-19-14-25-24-10-7-9-23-22-8-5-6-11-28(22)36(32(23)24)29(25)16-20(19)17-31(26)37-30/h7-18H,5-6H2,1-4H3. The van der Waals surface area contributed by atoms with E-state index in [-0.39, 0.29) is 11.2 Å². The lowest BCUT2D eigenvalue weighted by atomic mass is 9.78. The molecule has 4 heterocycles. The number of hydrogen-bond donors (Lipinski definition) is 0. The monoisotopic (exact) mass is 509 g/mol. The number of aromatic nitrogens is 1. The van der Waals surface area contributed by atoms with E-state index in [0.29, 0.717) is 0 Å². The van der Waals surface area contributed by atoms with Crippen LogP contribution < -0.4 is 16.0 Å².